The van der Waals surface area contributed by atoms with Crippen LogP contribution in [0.5, 0.6) is 0 Å². The van der Waals surface area contributed by atoms with Gasteiger partial charge in [-0.05, 0) is 39.2 Å². The number of nitrogens with one attached hydrogen (secondary N) is 1. The van der Waals surface area contributed by atoms with Crippen molar-refractivity contribution in [1.29, 1.82) is 0 Å². The van der Waals surface area contributed by atoms with Crippen LogP contribution in [-0.4, -0.2) is 33.4 Å². The highest BCUT2D eigenvalue weighted by Crippen LogP contribution is 2.38. The van der Waals surface area contributed by atoms with Crippen LogP contribution in [0.1, 0.15) is 31.4 Å². The maximum atomic E-state index is 11.5. The van der Waals surface area contributed by atoms with Gasteiger partial charge in [-0.3, -0.25) is 9.48 Å². The molecule has 1 saturated carbocycles. The summed E-state index contributed by atoms with van der Waals surface area (Å²) in [6, 6.07) is 0. The molecule has 2 N–H and O–H groups in total. The van der Waals surface area contributed by atoms with Crippen LogP contribution in [0.15, 0.2) is 6.20 Å². The number of aliphatic carboxylic acids is 1. The number of rotatable bonds is 5. The van der Waals surface area contributed by atoms with Crippen LogP contribution in [0, 0.1) is 12.8 Å². The Labute approximate surface area is 117 Å². The van der Waals surface area contributed by atoms with Crippen molar-refractivity contribution in [2.45, 2.75) is 44.7 Å². The third kappa shape index (κ3) is 2.62. The van der Waals surface area contributed by atoms with E-state index in [9.17, 15) is 9.90 Å². The van der Waals surface area contributed by atoms with Crippen molar-refractivity contribution in [3.05, 3.63) is 16.9 Å². The summed E-state index contributed by atoms with van der Waals surface area (Å²) in [5, 5.41) is 17.5. The average molecular weight is 286 g/mol. The zero-order valence-electron chi connectivity index (χ0n) is 11.3. The molecule has 6 heteroatoms. The molecule has 0 aromatic carbocycles. The summed E-state index contributed by atoms with van der Waals surface area (Å²) in [5.41, 5.74) is 0.0395. The normalized spacial score (nSPS) is 26.8. The van der Waals surface area contributed by atoms with Gasteiger partial charge in [0.25, 0.3) is 0 Å². The van der Waals surface area contributed by atoms with E-state index in [4.69, 9.17) is 11.6 Å². The van der Waals surface area contributed by atoms with Crippen LogP contribution < -0.4 is 5.32 Å². The van der Waals surface area contributed by atoms with Crippen LogP contribution in [0.25, 0.3) is 0 Å². The summed E-state index contributed by atoms with van der Waals surface area (Å²) in [7, 11) is 1.74. The van der Waals surface area contributed by atoms with Gasteiger partial charge in [0, 0.05) is 12.7 Å². The summed E-state index contributed by atoms with van der Waals surface area (Å²) >= 11 is 5.97. The summed E-state index contributed by atoms with van der Waals surface area (Å²) in [5.74, 6) is -0.606. The maximum absolute atomic E-state index is 11.5. The Balaban J connectivity index is 2.04. The molecule has 106 valence electrons. The number of nitrogens with zero attached hydrogens (tertiary/aromatic N) is 2. The monoisotopic (exact) mass is 285 g/mol. The van der Waals surface area contributed by atoms with Gasteiger partial charge in [0.1, 0.15) is 5.54 Å². The van der Waals surface area contributed by atoms with Gasteiger partial charge in [-0.1, -0.05) is 18.0 Å². The quantitative estimate of drug-likeness (QED) is 0.869. The van der Waals surface area contributed by atoms with E-state index in [1.165, 1.54) is 0 Å². The molecule has 2 rings (SSSR count). The van der Waals surface area contributed by atoms with Gasteiger partial charge in [-0.25, -0.2) is 0 Å². The van der Waals surface area contributed by atoms with E-state index in [-0.39, 0.29) is 5.92 Å². The summed E-state index contributed by atoms with van der Waals surface area (Å²) < 4.78 is 1.80. The molecule has 1 aromatic rings. The second kappa shape index (κ2) is 5.51. The van der Waals surface area contributed by atoms with E-state index in [0.29, 0.717) is 18.0 Å². The van der Waals surface area contributed by atoms with Crippen LogP contribution in [0.3, 0.4) is 0 Å². The van der Waals surface area contributed by atoms with Crippen molar-refractivity contribution < 1.29 is 9.90 Å². The molecule has 1 heterocycles. The zero-order valence-corrected chi connectivity index (χ0v) is 12.1. The molecule has 2 unspecified atom stereocenters. The third-order valence-corrected chi connectivity index (χ3v) is 4.61. The van der Waals surface area contributed by atoms with Crippen molar-refractivity contribution >= 4 is 17.6 Å². The summed E-state index contributed by atoms with van der Waals surface area (Å²) in [6.07, 6.45) is 5.19. The Kier molecular flexibility index (Phi) is 4.16. The lowest BCUT2D eigenvalue weighted by Crippen LogP contribution is -2.53. The zero-order chi connectivity index (χ0) is 14.0. The van der Waals surface area contributed by atoms with Gasteiger partial charge in [0.2, 0.25) is 0 Å². The average Bonchev–Trinajstić information content (AvgIpc) is 2.92. The molecule has 1 aromatic heterocycles. The highest BCUT2D eigenvalue weighted by molar-refractivity contribution is 6.31. The lowest BCUT2D eigenvalue weighted by molar-refractivity contribution is -0.146. The molecule has 5 nitrogen and oxygen atoms in total. The number of aryl methyl sites for hydroxylation is 2. The van der Waals surface area contributed by atoms with Gasteiger partial charge in [0.05, 0.1) is 10.7 Å². The Morgan fingerprint density at radius 2 is 2.47 bits per heavy atom. The minimum atomic E-state index is -0.772. The molecular weight excluding hydrogens is 266 g/mol. The lowest BCUT2D eigenvalue weighted by atomic mass is 9.85. The Morgan fingerprint density at radius 1 is 1.74 bits per heavy atom. The number of hydrogen-bond donors (Lipinski definition) is 2. The first-order chi connectivity index (χ1) is 8.99. The summed E-state index contributed by atoms with van der Waals surface area (Å²) in [6.45, 7) is 2.57. The van der Waals surface area contributed by atoms with Crippen LogP contribution in [0.4, 0.5) is 0 Å². The molecule has 0 bridgehead atoms. The Hall–Kier alpha value is -1.07. The smallest absolute Gasteiger partial charge is 0.324 e. The van der Waals surface area contributed by atoms with Crippen molar-refractivity contribution in [3.63, 3.8) is 0 Å². The number of carboxylic acid groups (broad SMARTS) is 1. The standard InChI is InChI=1S/C13H20ClN3O2/c1-9-11(14)8-17(16-9)7-5-10-4-3-6-13(10,15-2)12(18)19/h8,10,15H,3-7H2,1-2H3,(H,18,19). The molecular formula is C13H20ClN3O2. The first-order valence-electron chi connectivity index (χ1n) is 6.61. The molecule has 1 aliphatic rings. The molecule has 1 fully saturated rings. The van der Waals surface area contributed by atoms with E-state index < -0.39 is 11.5 Å². The third-order valence-electron chi connectivity index (χ3n) is 4.24. The fraction of sp³-hybridized carbons (Fsp3) is 0.692. The van der Waals surface area contributed by atoms with E-state index in [0.717, 1.165) is 25.0 Å². The van der Waals surface area contributed by atoms with Crippen LogP contribution in [0.2, 0.25) is 5.02 Å². The van der Waals surface area contributed by atoms with Crippen LogP contribution >= 0.6 is 11.6 Å². The first kappa shape index (κ1) is 14.3. The Bertz CT molecular complexity index is 455. The number of aromatic nitrogens is 2. The van der Waals surface area contributed by atoms with Gasteiger partial charge >= 0.3 is 5.97 Å². The molecule has 19 heavy (non-hydrogen) atoms. The molecule has 0 spiro atoms. The highest BCUT2D eigenvalue weighted by Gasteiger charge is 2.47. The van der Waals surface area contributed by atoms with Gasteiger partial charge in [0.15, 0.2) is 0 Å². The van der Waals surface area contributed by atoms with E-state index in [1.807, 2.05) is 6.92 Å². The second-order valence-electron chi connectivity index (χ2n) is 5.23. The lowest BCUT2D eigenvalue weighted by Gasteiger charge is -2.31. The number of likely N-dealkylation sites (N-methyl/N-ethyl adjacent to an activating group) is 1. The van der Waals surface area contributed by atoms with Crippen LogP contribution in [-0.2, 0) is 11.3 Å². The summed E-state index contributed by atoms with van der Waals surface area (Å²) in [4.78, 5) is 11.5. The number of carboxylic acids is 1. The largest absolute Gasteiger partial charge is 0.480 e. The minimum absolute atomic E-state index is 0.137. The predicted molar refractivity (Wildman–Crippen MR) is 73.4 cm³/mol. The molecule has 2 atom stereocenters. The van der Waals surface area contributed by atoms with Crippen molar-refractivity contribution in [3.8, 4) is 0 Å². The number of halogens is 1. The molecule has 0 amide bonds. The fourth-order valence-corrected chi connectivity index (χ4v) is 3.23. The van der Waals surface area contributed by atoms with Gasteiger partial charge in [-0.15, -0.1) is 0 Å². The SMILES string of the molecule is CNC1(C(=O)O)CCCC1CCn1cc(Cl)c(C)n1. The second-order valence-corrected chi connectivity index (χ2v) is 5.64. The maximum Gasteiger partial charge on any atom is 0.324 e. The van der Waals surface area contributed by atoms with Crippen molar-refractivity contribution in [2.75, 3.05) is 7.05 Å². The minimum Gasteiger partial charge on any atom is -0.480 e. The first-order valence-corrected chi connectivity index (χ1v) is 6.99. The predicted octanol–water partition coefficient (Wildman–Crippen LogP) is 2.08. The highest BCUT2D eigenvalue weighted by atomic mass is 35.5. The van der Waals surface area contributed by atoms with E-state index in [2.05, 4.69) is 10.4 Å². The van der Waals surface area contributed by atoms with Crippen molar-refractivity contribution in [2.24, 2.45) is 5.92 Å². The Morgan fingerprint density at radius 3 is 3.00 bits per heavy atom. The fourth-order valence-electron chi connectivity index (χ4n) is 3.08. The van der Waals surface area contributed by atoms with Crippen molar-refractivity contribution in [1.82, 2.24) is 15.1 Å². The molecule has 0 saturated heterocycles. The number of hydrogen-bond acceptors (Lipinski definition) is 3. The molecule has 0 aliphatic heterocycles. The van der Waals surface area contributed by atoms with Gasteiger partial charge in [-0.2, -0.15) is 5.10 Å². The van der Waals surface area contributed by atoms with Gasteiger partial charge < -0.3 is 10.4 Å². The number of carbonyl (C=O) groups is 1. The van der Waals surface area contributed by atoms with E-state index >= 15 is 0 Å². The molecule has 1 aliphatic carbocycles. The molecule has 0 radical (unpaired) electrons. The topological polar surface area (TPSA) is 67.2 Å². The van der Waals surface area contributed by atoms with E-state index in [1.54, 1.807) is 17.9 Å².